The van der Waals surface area contributed by atoms with Crippen molar-refractivity contribution in [3.63, 3.8) is 0 Å². The Morgan fingerprint density at radius 2 is 2.18 bits per heavy atom. The molecule has 1 heterocycles. The van der Waals surface area contributed by atoms with Crippen molar-refractivity contribution in [2.75, 3.05) is 13.1 Å². The lowest BCUT2D eigenvalue weighted by Gasteiger charge is -2.26. The Morgan fingerprint density at radius 3 is 2.82 bits per heavy atom. The van der Waals surface area contributed by atoms with Crippen molar-refractivity contribution in [1.82, 2.24) is 10.3 Å². The Hall–Kier alpha value is -0.450. The van der Waals surface area contributed by atoms with Gasteiger partial charge in [0.1, 0.15) is 0 Å². The molecule has 1 saturated carbocycles. The minimum Gasteiger partial charge on any atom is -0.328 e. The molecule has 1 aliphatic rings. The monoisotopic (exact) mass is 253 g/mol. The van der Waals surface area contributed by atoms with Gasteiger partial charge in [0.15, 0.2) is 0 Å². The lowest BCUT2D eigenvalue weighted by Crippen LogP contribution is -2.32. The molecule has 0 aromatic carbocycles. The van der Waals surface area contributed by atoms with Crippen molar-refractivity contribution in [3.05, 3.63) is 16.1 Å². The minimum absolute atomic E-state index is 0.462. The fourth-order valence-corrected chi connectivity index (χ4v) is 3.09. The molecule has 3 nitrogen and oxygen atoms in total. The second kappa shape index (κ2) is 6.47. The molecule has 1 aliphatic carbocycles. The second-order valence-corrected chi connectivity index (χ2v) is 6.16. The van der Waals surface area contributed by atoms with Gasteiger partial charge in [-0.15, -0.1) is 11.3 Å². The Morgan fingerprint density at radius 1 is 1.41 bits per heavy atom. The van der Waals surface area contributed by atoms with Crippen LogP contribution in [0.15, 0.2) is 5.38 Å². The number of aromatic nitrogens is 1. The topological polar surface area (TPSA) is 50.9 Å². The zero-order valence-corrected chi connectivity index (χ0v) is 11.4. The van der Waals surface area contributed by atoms with Crippen LogP contribution in [-0.2, 0) is 6.42 Å². The Bertz CT molecular complexity index is 329. The maximum Gasteiger partial charge on any atom is 0.0897 e. The number of rotatable bonds is 5. The molecule has 1 aromatic heterocycles. The van der Waals surface area contributed by atoms with E-state index >= 15 is 0 Å². The number of nitrogens with zero attached hydrogens (tertiary/aromatic N) is 1. The van der Waals surface area contributed by atoms with Gasteiger partial charge in [0, 0.05) is 24.4 Å². The van der Waals surface area contributed by atoms with E-state index < -0.39 is 0 Å². The summed E-state index contributed by atoms with van der Waals surface area (Å²) in [7, 11) is 0. The van der Waals surface area contributed by atoms with Gasteiger partial charge in [-0.3, -0.25) is 0 Å². The molecule has 0 unspecified atom stereocenters. The van der Waals surface area contributed by atoms with Gasteiger partial charge >= 0.3 is 0 Å². The fraction of sp³-hybridized carbons (Fsp3) is 0.769. The van der Waals surface area contributed by atoms with E-state index in [0.29, 0.717) is 6.04 Å². The molecule has 0 spiro atoms. The van der Waals surface area contributed by atoms with Crippen LogP contribution in [0.4, 0.5) is 0 Å². The summed E-state index contributed by atoms with van der Waals surface area (Å²) in [6.45, 7) is 4.26. The summed E-state index contributed by atoms with van der Waals surface area (Å²) in [4.78, 5) is 4.47. The van der Waals surface area contributed by atoms with Gasteiger partial charge in [-0.2, -0.15) is 0 Å². The third kappa shape index (κ3) is 4.37. The van der Waals surface area contributed by atoms with E-state index in [1.165, 1.54) is 36.4 Å². The molecular weight excluding hydrogens is 230 g/mol. The molecule has 0 amide bonds. The van der Waals surface area contributed by atoms with Crippen LogP contribution in [0.25, 0.3) is 0 Å². The van der Waals surface area contributed by atoms with Gasteiger partial charge in [0.05, 0.1) is 10.7 Å². The Balaban J connectivity index is 1.57. The predicted molar refractivity (Wildman–Crippen MR) is 73.4 cm³/mol. The normalized spacial score (nSPS) is 25.1. The number of thiazole rings is 1. The lowest BCUT2D eigenvalue weighted by molar-refractivity contribution is 0.315. The highest BCUT2D eigenvalue weighted by molar-refractivity contribution is 7.09. The summed E-state index contributed by atoms with van der Waals surface area (Å²) in [5.74, 6) is 0.840. The molecule has 0 radical (unpaired) electrons. The number of aryl methyl sites for hydroxylation is 1. The molecule has 0 saturated heterocycles. The van der Waals surface area contributed by atoms with Crippen LogP contribution in [0.1, 0.15) is 36.4 Å². The average molecular weight is 253 g/mol. The average Bonchev–Trinajstić information content (AvgIpc) is 2.73. The molecule has 96 valence electrons. The molecule has 0 bridgehead atoms. The van der Waals surface area contributed by atoms with Crippen LogP contribution in [0.3, 0.4) is 0 Å². The SMILES string of the molecule is Cc1nc(CCNCC2CCC(N)CC2)cs1. The maximum absolute atomic E-state index is 5.90. The van der Waals surface area contributed by atoms with Gasteiger partial charge < -0.3 is 11.1 Å². The molecule has 1 aromatic rings. The van der Waals surface area contributed by atoms with E-state index in [-0.39, 0.29) is 0 Å². The van der Waals surface area contributed by atoms with E-state index in [9.17, 15) is 0 Å². The quantitative estimate of drug-likeness (QED) is 0.790. The summed E-state index contributed by atoms with van der Waals surface area (Å²) in [5, 5.41) is 6.88. The third-order valence-corrected chi connectivity index (χ3v) is 4.37. The third-order valence-electron chi connectivity index (χ3n) is 3.55. The fourth-order valence-electron chi connectivity index (χ4n) is 2.44. The van der Waals surface area contributed by atoms with Crippen molar-refractivity contribution in [3.8, 4) is 0 Å². The van der Waals surface area contributed by atoms with Crippen molar-refractivity contribution in [2.24, 2.45) is 11.7 Å². The maximum atomic E-state index is 5.90. The summed E-state index contributed by atoms with van der Waals surface area (Å²) in [6, 6.07) is 0.462. The van der Waals surface area contributed by atoms with Gasteiger partial charge in [-0.05, 0) is 45.1 Å². The van der Waals surface area contributed by atoms with E-state index in [2.05, 4.69) is 22.6 Å². The molecule has 4 heteroatoms. The Labute approximate surface area is 108 Å². The van der Waals surface area contributed by atoms with E-state index in [1.807, 2.05) is 0 Å². The van der Waals surface area contributed by atoms with Gasteiger partial charge in [0.25, 0.3) is 0 Å². The molecule has 2 rings (SSSR count). The zero-order chi connectivity index (χ0) is 12.1. The van der Waals surface area contributed by atoms with Crippen LogP contribution >= 0.6 is 11.3 Å². The molecule has 0 atom stereocenters. The van der Waals surface area contributed by atoms with Gasteiger partial charge in [0.2, 0.25) is 0 Å². The van der Waals surface area contributed by atoms with Crippen molar-refractivity contribution in [1.29, 1.82) is 0 Å². The molecule has 1 fully saturated rings. The lowest BCUT2D eigenvalue weighted by atomic mass is 9.86. The van der Waals surface area contributed by atoms with Crippen LogP contribution < -0.4 is 11.1 Å². The standard InChI is InChI=1S/C13H23N3S/c1-10-16-13(9-17-10)6-7-15-8-11-2-4-12(14)5-3-11/h9,11-12,15H,2-8,14H2,1H3. The van der Waals surface area contributed by atoms with Crippen molar-refractivity contribution >= 4 is 11.3 Å². The first-order valence-corrected chi connectivity index (χ1v) is 7.49. The van der Waals surface area contributed by atoms with E-state index in [0.717, 1.165) is 25.4 Å². The largest absolute Gasteiger partial charge is 0.328 e. The number of nitrogens with two attached hydrogens (primary N) is 1. The smallest absolute Gasteiger partial charge is 0.0897 e. The van der Waals surface area contributed by atoms with Crippen LogP contribution in [-0.4, -0.2) is 24.1 Å². The van der Waals surface area contributed by atoms with Crippen LogP contribution in [0, 0.1) is 12.8 Å². The predicted octanol–water partition coefficient (Wildman–Crippen LogP) is 2.10. The van der Waals surface area contributed by atoms with Gasteiger partial charge in [-0.25, -0.2) is 4.98 Å². The summed E-state index contributed by atoms with van der Waals surface area (Å²) in [5.41, 5.74) is 7.13. The highest BCUT2D eigenvalue weighted by Crippen LogP contribution is 2.22. The first-order chi connectivity index (χ1) is 8.24. The molecule has 3 N–H and O–H groups in total. The van der Waals surface area contributed by atoms with Crippen LogP contribution in [0.2, 0.25) is 0 Å². The molecule has 17 heavy (non-hydrogen) atoms. The van der Waals surface area contributed by atoms with Crippen molar-refractivity contribution in [2.45, 2.75) is 45.1 Å². The molecular formula is C13H23N3S. The van der Waals surface area contributed by atoms with E-state index in [4.69, 9.17) is 5.73 Å². The van der Waals surface area contributed by atoms with Gasteiger partial charge in [-0.1, -0.05) is 0 Å². The summed E-state index contributed by atoms with van der Waals surface area (Å²) in [6.07, 6.45) is 6.06. The second-order valence-electron chi connectivity index (χ2n) is 5.09. The van der Waals surface area contributed by atoms with E-state index in [1.54, 1.807) is 11.3 Å². The number of nitrogens with one attached hydrogen (secondary N) is 1. The minimum atomic E-state index is 0.462. The molecule has 0 aliphatic heterocycles. The summed E-state index contributed by atoms with van der Waals surface area (Å²) < 4.78 is 0. The zero-order valence-electron chi connectivity index (χ0n) is 10.6. The number of hydrogen-bond donors (Lipinski definition) is 2. The number of hydrogen-bond acceptors (Lipinski definition) is 4. The summed E-state index contributed by atoms with van der Waals surface area (Å²) >= 11 is 1.74. The van der Waals surface area contributed by atoms with Crippen molar-refractivity contribution < 1.29 is 0 Å². The first-order valence-electron chi connectivity index (χ1n) is 6.61. The first kappa shape index (κ1) is 13.0. The van der Waals surface area contributed by atoms with Crippen LogP contribution in [0.5, 0.6) is 0 Å². The highest BCUT2D eigenvalue weighted by atomic mass is 32.1. The Kier molecular flexibility index (Phi) is 4.95. The highest BCUT2D eigenvalue weighted by Gasteiger charge is 2.17.